The number of hydrogen-bond donors (Lipinski definition) is 3. The van der Waals surface area contributed by atoms with Crippen LogP contribution in [0.1, 0.15) is 6.42 Å². The Bertz CT molecular complexity index is 336. The summed E-state index contributed by atoms with van der Waals surface area (Å²) in [4.78, 5) is 10.9. The predicted octanol–water partition coefficient (Wildman–Crippen LogP) is -0.641. The molecule has 4 N–H and O–H groups in total. The Morgan fingerprint density at radius 1 is 1.50 bits per heavy atom. The third-order valence-corrected chi connectivity index (χ3v) is 2.01. The molecule has 74 valence electrons. The lowest BCUT2D eigenvalue weighted by Crippen LogP contribution is -2.23. The van der Waals surface area contributed by atoms with Gasteiger partial charge in [0.15, 0.2) is 0 Å². The largest absolute Gasteiger partial charge is 0.382 e. The van der Waals surface area contributed by atoms with Crippen molar-refractivity contribution in [3.05, 3.63) is 12.1 Å². The van der Waals surface area contributed by atoms with Crippen molar-refractivity contribution in [1.29, 1.82) is 0 Å². The van der Waals surface area contributed by atoms with Gasteiger partial charge >= 0.3 is 0 Å². The zero-order valence-corrected chi connectivity index (χ0v) is 7.53. The summed E-state index contributed by atoms with van der Waals surface area (Å²) in [6.45, 7) is 0.630. The predicted molar refractivity (Wildman–Crippen MR) is 51.5 cm³/mol. The maximum atomic E-state index is 10.9. The number of carbonyl (C=O) groups is 1. The molecule has 1 fully saturated rings. The van der Waals surface area contributed by atoms with E-state index in [0.717, 1.165) is 0 Å². The van der Waals surface area contributed by atoms with Crippen LogP contribution in [0.25, 0.3) is 0 Å². The van der Waals surface area contributed by atoms with Crippen LogP contribution in [0.15, 0.2) is 12.1 Å². The van der Waals surface area contributed by atoms with E-state index in [4.69, 9.17) is 5.73 Å². The van der Waals surface area contributed by atoms with E-state index in [1.807, 2.05) is 0 Å². The maximum absolute atomic E-state index is 10.9. The topological polar surface area (TPSA) is 92.9 Å². The van der Waals surface area contributed by atoms with Crippen molar-refractivity contribution < 1.29 is 4.79 Å². The second-order valence-corrected chi connectivity index (χ2v) is 3.19. The van der Waals surface area contributed by atoms with Crippen LogP contribution in [0.5, 0.6) is 0 Å². The summed E-state index contributed by atoms with van der Waals surface area (Å²) < 4.78 is 0. The summed E-state index contributed by atoms with van der Waals surface area (Å²) in [6.07, 6.45) is 0.478. The first-order valence-electron chi connectivity index (χ1n) is 4.36. The fraction of sp³-hybridized carbons (Fsp3) is 0.375. The smallest absolute Gasteiger partial charge is 0.222 e. The molecule has 0 radical (unpaired) electrons. The molecule has 1 aromatic rings. The molecule has 1 atom stereocenters. The Morgan fingerprint density at radius 3 is 2.93 bits per heavy atom. The molecule has 1 unspecified atom stereocenters. The molecule has 6 heteroatoms. The highest BCUT2D eigenvalue weighted by molar-refractivity contribution is 5.79. The summed E-state index contributed by atoms with van der Waals surface area (Å²) in [5, 5.41) is 13.4. The standard InChI is InChI=1S/C8H11N5O/c9-6-1-2-7(13-12-6)11-5-3-8(14)10-4-5/h1-2,5H,3-4H2,(H2,9,12)(H,10,14)(H,11,13). The average molecular weight is 193 g/mol. The fourth-order valence-electron chi connectivity index (χ4n) is 1.34. The average Bonchev–Trinajstić information content (AvgIpc) is 2.56. The molecule has 0 aliphatic carbocycles. The first-order valence-corrected chi connectivity index (χ1v) is 4.36. The van der Waals surface area contributed by atoms with E-state index in [9.17, 15) is 4.79 Å². The zero-order valence-electron chi connectivity index (χ0n) is 7.53. The number of anilines is 2. The Balaban J connectivity index is 1.97. The van der Waals surface area contributed by atoms with Gasteiger partial charge in [-0.25, -0.2) is 0 Å². The van der Waals surface area contributed by atoms with Crippen molar-refractivity contribution in [2.75, 3.05) is 17.6 Å². The molecule has 0 bridgehead atoms. The van der Waals surface area contributed by atoms with Gasteiger partial charge in [-0.1, -0.05) is 0 Å². The van der Waals surface area contributed by atoms with E-state index in [-0.39, 0.29) is 11.9 Å². The van der Waals surface area contributed by atoms with Crippen LogP contribution in [0, 0.1) is 0 Å². The Hall–Kier alpha value is -1.85. The molecule has 1 saturated heterocycles. The lowest BCUT2D eigenvalue weighted by atomic mass is 10.2. The number of hydrogen-bond acceptors (Lipinski definition) is 5. The van der Waals surface area contributed by atoms with Crippen molar-refractivity contribution in [3.63, 3.8) is 0 Å². The van der Waals surface area contributed by atoms with E-state index in [1.165, 1.54) is 0 Å². The second-order valence-electron chi connectivity index (χ2n) is 3.19. The van der Waals surface area contributed by atoms with E-state index in [0.29, 0.717) is 24.6 Å². The molecular formula is C8H11N5O. The molecule has 1 amide bonds. The Kier molecular flexibility index (Phi) is 2.18. The molecule has 2 rings (SSSR count). The van der Waals surface area contributed by atoms with Gasteiger partial charge in [0.05, 0.1) is 6.04 Å². The van der Waals surface area contributed by atoms with Crippen LogP contribution in [0.2, 0.25) is 0 Å². The first kappa shape index (κ1) is 8.74. The van der Waals surface area contributed by atoms with Crippen molar-refractivity contribution in [1.82, 2.24) is 15.5 Å². The number of nitrogens with two attached hydrogens (primary N) is 1. The number of nitrogens with one attached hydrogen (secondary N) is 2. The zero-order chi connectivity index (χ0) is 9.97. The third-order valence-electron chi connectivity index (χ3n) is 2.01. The number of amides is 1. The quantitative estimate of drug-likeness (QED) is 0.581. The van der Waals surface area contributed by atoms with Gasteiger partial charge in [-0.3, -0.25) is 4.79 Å². The van der Waals surface area contributed by atoms with Crippen molar-refractivity contribution in [2.24, 2.45) is 0 Å². The van der Waals surface area contributed by atoms with Gasteiger partial charge in [-0.15, -0.1) is 10.2 Å². The lowest BCUT2D eigenvalue weighted by Gasteiger charge is -2.09. The molecule has 0 spiro atoms. The Morgan fingerprint density at radius 2 is 2.36 bits per heavy atom. The second kappa shape index (κ2) is 3.49. The molecule has 14 heavy (non-hydrogen) atoms. The molecule has 1 aromatic heterocycles. The van der Waals surface area contributed by atoms with Gasteiger partial charge < -0.3 is 16.4 Å². The molecule has 1 aliphatic rings. The van der Waals surface area contributed by atoms with E-state index in [1.54, 1.807) is 12.1 Å². The van der Waals surface area contributed by atoms with E-state index >= 15 is 0 Å². The van der Waals surface area contributed by atoms with Crippen LogP contribution in [0.3, 0.4) is 0 Å². The van der Waals surface area contributed by atoms with Gasteiger partial charge in [0, 0.05) is 13.0 Å². The highest BCUT2D eigenvalue weighted by atomic mass is 16.1. The highest BCUT2D eigenvalue weighted by Gasteiger charge is 2.21. The van der Waals surface area contributed by atoms with Crippen LogP contribution in [0.4, 0.5) is 11.6 Å². The van der Waals surface area contributed by atoms with Crippen LogP contribution in [-0.4, -0.2) is 28.7 Å². The normalized spacial score (nSPS) is 20.6. The van der Waals surface area contributed by atoms with Crippen molar-refractivity contribution in [2.45, 2.75) is 12.5 Å². The lowest BCUT2D eigenvalue weighted by molar-refractivity contribution is -0.119. The van der Waals surface area contributed by atoms with Crippen molar-refractivity contribution in [3.8, 4) is 0 Å². The van der Waals surface area contributed by atoms with Gasteiger partial charge in [-0.2, -0.15) is 0 Å². The number of rotatable bonds is 2. The number of nitrogen functional groups attached to an aromatic ring is 1. The number of nitrogens with zero attached hydrogens (tertiary/aromatic N) is 2. The van der Waals surface area contributed by atoms with Crippen molar-refractivity contribution >= 4 is 17.5 Å². The molecule has 2 heterocycles. The maximum Gasteiger partial charge on any atom is 0.222 e. The summed E-state index contributed by atoms with van der Waals surface area (Å²) in [7, 11) is 0. The minimum absolute atomic E-state index is 0.0610. The summed E-state index contributed by atoms with van der Waals surface area (Å²) in [6, 6.07) is 3.51. The van der Waals surface area contributed by atoms with E-state index in [2.05, 4.69) is 20.8 Å². The van der Waals surface area contributed by atoms with Gasteiger partial charge in [0.2, 0.25) is 5.91 Å². The summed E-state index contributed by atoms with van der Waals surface area (Å²) in [5.74, 6) is 1.09. The van der Waals surface area contributed by atoms with Gasteiger partial charge in [0.1, 0.15) is 11.6 Å². The summed E-state index contributed by atoms with van der Waals surface area (Å²) in [5.41, 5.74) is 5.39. The molecular weight excluding hydrogens is 182 g/mol. The molecule has 0 saturated carbocycles. The SMILES string of the molecule is Nc1ccc(NC2CNC(=O)C2)nn1. The van der Waals surface area contributed by atoms with Crippen LogP contribution >= 0.6 is 0 Å². The molecule has 0 aromatic carbocycles. The van der Waals surface area contributed by atoms with Gasteiger partial charge in [-0.05, 0) is 12.1 Å². The highest BCUT2D eigenvalue weighted by Crippen LogP contribution is 2.08. The minimum Gasteiger partial charge on any atom is -0.382 e. The molecule has 1 aliphatic heterocycles. The van der Waals surface area contributed by atoms with Crippen LogP contribution in [-0.2, 0) is 4.79 Å². The van der Waals surface area contributed by atoms with Gasteiger partial charge in [0.25, 0.3) is 0 Å². The fourth-order valence-corrected chi connectivity index (χ4v) is 1.34. The number of carbonyl (C=O) groups excluding carboxylic acids is 1. The molecule has 6 nitrogen and oxygen atoms in total. The first-order chi connectivity index (χ1) is 6.74. The minimum atomic E-state index is 0.0610. The Labute approximate surface area is 80.9 Å². The third kappa shape index (κ3) is 1.90. The monoisotopic (exact) mass is 193 g/mol. The van der Waals surface area contributed by atoms with E-state index < -0.39 is 0 Å². The van der Waals surface area contributed by atoms with Crippen LogP contribution < -0.4 is 16.4 Å². The summed E-state index contributed by atoms with van der Waals surface area (Å²) >= 11 is 0. The number of aromatic nitrogens is 2.